The molecule has 358 valence electrons. The molecule has 0 radical (unpaired) electrons. The molecule has 2 atom stereocenters. The van der Waals surface area contributed by atoms with Crippen LogP contribution in [-0.4, -0.2) is 65.1 Å². The van der Waals surface area contributed by atoms with E-state index in [0.29, 0.717) is 55.8 Å². The summed E-state index contributed by atoms with van der Waals surface area (Å²) in [6.45, 7) is 1.37. The summed E-state index contributed by atoms with van der Waals surface area (Å²) >= 11 is 24.6. The van der Waals surface area contributed by atoms with Crippen LogP contribution in [0, 0.1) is 0 Å². The highest BCUT2D eigenvalue weighted by atomic mass is 35.5. The Morgan fingerprint density at radius 1 is 0.357 bits per heavy atom. The van der Waals surface area contributed by atoms with E-state index in [4.69, 9.17) is 46.4 Å². The van der Waals surface area contributed by atoms with Gasteiger partial charge in [0.2, 0.25) is 0 Å². The van der Waals surface area contributed by atoms with Gasteiger partial charge in [-0.2, -0.15) is 0 Å². The Labute approximate surface area is 427 Å². The summed E-state index contributed by atoms with van der Waals surface area (Å²) in [7, 11) is 3.23. The van der Waals surface area contributed by atoms with Gasteiger partial charge in [-0.05, 0) is 108 Å². The smallest absolute Gasteiger partial charge is 0.313 e. The van der Waals surface area contributed by atoms with Crippen molar-refractivity contribution in [1.82, 2.24) is 38.0 Å². The molecule has 0 amide bonds. The van der Waals surface area contributed by atoms with Gasteiger partial charge in [-0.25, -0.2) is 56.2 Å². The van der Waals surface area contributed by atoms with Crippen LogP contribution in [0.5, 0.6) is 0 Å². The van der Waals surface area contributed by atoms with Crippen LogP contribution in [0.2, 0.25) is 20.1 Å². The van der Waals surface area contributed by atoms with Crippen molar-refractivity contribution in [2.45, 2.75) is 12.1 Å². The van der Waals surface area contributed by atoms with E-state index >= 15 is 0 Å². The molecule has 0 spiro atoms. The van der Waals surface area contributed by atoms with Crippen molar-refractivity contribution >= 4 is 68.0 Å². The molecular weight excluding hydrogens is 1010 g/mol. The first kappa shape index (κ1) is 50.3. The Balaban J connectivity index is 0.965. The fourth-order valence-corrected chi connectivity index (χ4v) is 10.2. The number of hydrogen-bond acceptors (Lipinski definition) is 10. The molecule has 0 aliphatic carbocycles. The number of nitrogens with zero attached hydrogens (tertiary/aromatic N) is 6. The highest BCUT2D eigenvalue weighted by molar-refractivity contribution is 8.76. The summed E-state index contributed by atoms with van der Waals surface area (Å²) in [5.41, 5.74) is -2.65. The molecule has 2 unspecified atom stereocenters. The van der Waals surface area contributed by atoms with Crippen LogP contribution in [0.3, 0.4) is 0 Å². The maximum absolute atomic E-state index is 14.4. The molecule has 0 aliphatic heterocycles. The fourth-order valence-electron chi connectivity index (χ4n) is 7.79. The summed E-state index contributed by atoms with van der Waals surface area (Å²) < 4.78 is 6.02. The summed E-state index contributed by atoms with van der Waals surface area (Å²) in [5.74, 6) is 1.30. The third-order valence-corrected chi connectivity index (χ3v) is 14.6. The number of aromatic nitrogens is 6. The van der Waals surface area contributed by atoms with E-state index in [-0.39, 0.29) is 35.8 Å². The average Bonchev–Trinajstić information content (AvgIpc) is 3.36. The van der Waals surface area contributed by atoms with Crippen LogP contribution in [0.25, 0.3) is 22.7 Å². The van der Waals surface area contributed by atoms with Gasteiger partial charge in [0, 0.05) is 57.8 Å². The predicted molar refractivity (Wildman–Crippen MR) is 284 cm³/mol. The zero-order valence-corrected chi connectivity index (χ0v) is 41.5. The third-order valence-electron chi connectivity index (χ3n) is 11.2. The number of rotatable bonds is 19. The van der Waals surface area contributed by atoms with Crippen LogP contribution >= 0.6 is 68.0 Å². The first-order valence-electron chi connectivity index (χ1n) is 21.7. The molecule has 0 bridgehead atoms. The van der Waals surface area contributed by atoms with Gasteiger partial charge < -0.3 is 10.6 Å². The fraction of sp³-hybridized carbons (Fsp3) is 0.160. The molecule has 20 heteroatoms. The monoisotopic (exact) mass is 1050 g/mol. The SMILES string of the molecule is O=c1n(-c2ccc(Cl)cc2)c(=O)n(C(CNCCSSCCNCC(c2ccccc2)n2c(=O)n(-c3ccc(Cl)cc3)c(=O)n(-c3ccc(Cl)cc3)c2=O)c2ccccc2)c(=O)n1-c1ccc(Cl)cc1. The molecule has 0 saturated heterocycles. The van der Waals surface area contributed by atoms with E-state index in [0.717, 1.165) is 27.4 Å². The summed E-state index contributed by atoms with van der Waals surface area (Å²) in [6.07, 6.45) is 0. The quantitative estimate of drug-likeness (QED) is 0.0609. The van der Waals surface area contributed by atoms with Gasteiger partial charge in [0.1, 0.15) is 0 Å². The van der Waals surface area contributed by atoms with E-state index in [1.165, 1.54) is 0 Å². The number of benzene rings is 6. The van der Waals surface area contributed by atoms with Crippen molar-refractivity contribution in [3.8, 4) is 22.7 Å². The molecule has 2 aromatic heterocycles. The van der Waals surface area contributed by atoms with Gasteiger partial charge in [0.25, 0.3) is 0 Å². The standard InChI is InChI=1S/C50H42Cl4N8O6S2/c51-35-11-19-39(20-12-35)57-45(63)58(40-21-13-36(52)14-22-40)48(66)61(47(57)65)43(33-7-3-1-4-8-33)31-55-27-29-69-70-30-28-56-32-44(34-9-5-2-6-10-34)62-49(67)59(41-23-15-37(53)16-24-41)46(64)60(50(62)68)42-25-17-38(54)18-26-42/h1-26,43-44,55-56H,27-32H2. The van der Waals surface area contributed by atoms with Crippen LogP contribution in [0.4, 0.5) is 0 Å². The first-order chi connectivity index (χ1) is 33.9. The van der Waals surface area contributed by atoms with Gasteiger partial charge in [-0.15, -0.1) is 0 Å². The molecule has 8 aromatic rings. The third kappa shape index (κ3) is 11.3. The lowest BCUT2D eigenvalue weighted by Gasteiger charge is -2.23. The molecule has 70 heavy (non-hydrogen) atoms. The zero-order chi connectivity index (χ0) is 49.3. The van der Waals surface area contributed by atoms with E-state index in [2.05, 4.69) is 10.6 Å². The molecule has 0 aliphatic rings. The molecule has 0 fully saturated rings. The predicted octanol–water partition coefficient (Wildman–Crippen LogP) is 7.67. The Morgan fingerprint density at radius 3 is 0.871 bits per heavy atom. The maximum Gasteiger partial charge on any atom is 0.345 e. The second-order valence-corrected chi connectivity index (χ2v) is 20.0. The number of halogens is 4. The van der Waals surface area contributed by atoms with E-state index < -0.39 is 46.2 Å². The van der Waals surface area contributed by atoms with Gasteiger partial charge in [0.05, 0.1) is 34.8 Å². The van der Waals surface area contributed by atoms with Crippen molar-refractivity contribution in [2.75, 3.05) is 37.7 Å². The first-order valence-corrected chi connectivity index (χ1v) is 25.7. The number of nitrogens with one attached hydrogen (secondary N) is 2. The molecule has 2 heterocycles. The summed E-state index contributed by atoms with van der Waals surface area (Å²) in [4.78, 5) is 85.6. The van der Waals surface area contributed by atoms with Crippen LogP contribution in [-0.2, 0) is 0 Å². The lowest BCUT2D eigenvalue weighted by molar-refractivity contribution is 0.460. The Kier molecular flexibility index (Phi) is 16.7. The Bertz CT molecular complexity index is 3060. The van der Waals surface area contributed by atoms with Crippen LogP contribution in [0.1, 0.15) is 23.2 Å². The topological polar surface area (TPSA) is 156 Å². The van der Waals surface area contributed by atoms with Crippen LogP contribution < -0.4 is 44.8 Å². The van der Waals surface area contributed by atoms with E-state index in [9.17, 15) is 28.8 Å². The average molecular weight is 1060 g/mol. The minimum absolute atomic E-state index is 0.177. The van der Waals surface area contributed by atoms with Crippen molar-refractivity contribution in [3.05, 3.63) is 252 Å². The summed E-state index contributed by atoms with van der Waals surface area (Å²) in [6, 6.07) is 41.4. The molecule has 14 nitrogen and oxygen atoms in total. The zero-order valence-electron chi connectivity index (χ0n) is 36.9. The van der Waals surface area contributed by atoms with Crippen molar-refractivity contribution in [2.24, 2.45) is 0 Å². The van der Waals surface area contributed by atoms with Crippen LogP contribution in [0.15, 0.2) is 186 Å². The van der Waals surface area contributed by atoms with Gasteiger partial charge in [0.15, 0.2) is 0 Å². The Hall–Kier alpha value is -6.08. The van der Waals surface area contributed by atoms with Crippen molar-refractivity contribution in [1.29, 1.82) is 0 Å². The summed E-state index contributed by atoms with van der Waals surface area (Å²) in [5, 5.41) is 8.46. The van der Waals surface area contributed by atoms with Gasteiger partial charge >= 0.3 is 34.1 Å². The lowest BCUT2D eigenvalue weighted by atomic mass is 10.1. The molecule has 2 N–H and O–H groups in total. The van der Waals surface area contributed by atoms with Crippen molar-refractivity contribution in [3.63, 3.8) is 0 Å². The minimum atomic E-state index is -0.847. The maximum atomic E-state index is 14.4. The minimum Gasteiger partial charge on any atom is -0.313 e. The second-order valence-electron chi connectivity index (χ2n) is 15.6. The van der Waals surface area contributed by atoms with E-state index in [1.54, 1.807) is 119 Å². The second kappa shape index (κ2) is 23.2. The molecular formula is C50H42Cl4N8O6S2. The molecule has 8 rings (SSSR count). The van der Waals surface area contributed by atoms with E-state index in [1.807, 2.05) is 60.7 Å². The lowest BCUT2D eigenvalue weighted by Crippen LogP contribution is -2.55. The number of hydrogen-bond donors (Lipinski definition) is 2. The molecule has 6 aromatic carbocycles. The largest absolute Gasteiger partial charge is 0.345 e. The normalized spacial score (nSPS) is 12.2. The Morgan fingerprint density at radius 2 is 0.614 bits per heavy atom. The van der Waals surface area contributed by atoms with Crippen molar-refractivity contribution < 1.29 is 0 Å². The van der Waals surface area contributed by atoms with Gasteiger partial charge in [-0.3, -0.25) is 0 Å². The highest BCUT2D eigenvalue weighted by Crippen LogP contribution is 2.22. The highest BCUT2D eigenvalue weighted by Gasteiger charge is 2.27. The molecule has 0 saturated carbocycles. The van der Waals surface area contributed by atoms with Gasteiger partial charge in [-0.1, -0.05) is 129 Å².